The van der Waals surface area contributed by atoms with Crippen LogP contribution in [0.1, 0.15) is 46.4 Å². The third-order valence-corrected chi connectivity index (χ3v) is 9.79. The number of rotatable bonds is 3. The van der Waals surface area contributed by atoms with Gasteiger partial charge >= 0.3 is 0 Å². The first-order valence-corrected chi connectivity index (χ1v) is 11.8. The molecule has 1 aromatic carbocycles. The molecule has 0 radical (unpaired) electrons. The van der Waals surface area contributed by atoms with E-state index < -0.39 is 8.32 Å². The molecule has 3 nitrogen and oxygen atoms in total. The van der Waals surface area contributed by atoms with Crippen molar-refractivity contribution in [2.75, 3.05) is 0 Å². The maximum Gasteiger partial charge on any atom is 0.250 e. The third-order valence-electron chi connectivity index (χ3n) is 4.60. The Kier molecular flexibility index (Phi) is 4.70. The van der Waals surface area contributed by atoms with Crippen molar-refractivity contribution in [3.8, 4) is 5.75 Å². The number of halogens is 1. The lowest BCUT2D eigenvalue weighted by molar-refractivity contribution is 0.489. The summed E-state index contributed by atoms with van der Waals surface area (Å²) in [6, 6.07) is 4.73. The van der Waals surface area contributed by atoms with Gasteiger partial charge in [-0.05, 0) is 67.6 Å². The van der Waals surface area contributed by atoms with Gasteiger partial charge in [-0.15, -0.1) is 0 Å². The second-order valence-corrected chi connectivity index (χ2v) is 13.7. The Hall–Kier alpha value is -0.563. The van der Waals surface area contributed by atoms with Crippen LogP contribution in [0.3, 0.4) is 0 Å². The minimum absolute atomic E-state index is 0.194. The molecule has 0 bridgehead atoms. The smallest absolute Gasteiger partial charge is 0.250 e. The molecule has 2 rings (SSSR count). The fourth-order valence-electron chi connectivity index (χ4n) is 2.19. The minimum atomic E-state index is -1.84. The average Bonchev–Trinajstić information content (AvgIpc) is 2.65. The lowest BCUT2D eigenvalue weighted by atomic mass is 10.2. The van der Waals surface area contributed by atoms with Crippen molar-refractivity contribution >= 4 is 41.8 Å². The summed E-state index contributed by atoms with van der Waals surface area (Å²) in [5.74, 6) is 1.00. The van der Waals surface area contributed by atoms with Gasteiger partial charge in [-0.25, -0.2) is 0 Å². The zero-order valence-corrected chi connectivity index (χ0v) is 18.1. The molecule has 0 fully saturated rings. The zero-order chi connectivity index (χ0) is 16.9. The summed E-state index contributed by atoms with van der Waals surface area (Å²) >= 11 is 2.38. The van der Waals surface area contributed by atoms with Gasteiger partial charge in [0, 0.05) is 17.5 Å². The summed E-state index contributed by atoms with van der Waals surface area (Å²) < 4.78 is 9.80. The van der Waals surface area contributed by atoms with Crippen LogP contribution in [0.2, 0.25) is 18.1 Å². The summed E-state index contributed by atoms with van der Waals surface area (Å²) in [4.78, 5) is 0. The van der Waals surface area contributed by atoms with Crippen LogP contribution in [-0.2, 0) is 0 Å². The topological polar surface area (TPSA) is 27.1 Å². The summed E-state index contributed by atoms with van der Waals surface area (Å²) in [5.41, 5.74) is 2.25. The van der Waals surface area contributed by atoms with Crippen LogP contribution in [0.4, 0.5) is 0 Å². The first kappa shape index (κ1) is 17.8. The lowest BCUT2D eigenvalue weighted by Crippen LogP contribution is -2.44. The molecule has 0 unspecified atom stereocenters. The van der Waals surface area contributed by atoms with Gasteiger partial charge in [0.25, 0.3) is 8.32 Å². The molecule has 0 N–H and O–H groups in total. The number of benzene rings is 1. The molecular formula is C17H27IN2OSi. The molecule has 0 saturated heterocycles. The molecule has 22 heavy (non-hydrogen) atoms. The standard InChI is InChI=1S/C17H27IN2OSi/c1-11(2)20-15-10-16(21-22(7,8)17(4,5)6)14(18)9-13(15)12(3)19-20/h9-11H,1-8H3. The van der Waals surface area contributed by atoms with E-state index >= 15 is 0 Å². The first-order chi connectivity index (χ1) is 9.94. The van der Waals surface area contributed by atoms with Crippen LogP contribution >= 0.6 is 22.6 Å². The second kappa shape index (κ2) is 5.82. The molecule has 0 aliphatic rings. The summed E-state index contributed by atoms with van der Waals surface area (Å²) in [6.45, 7) is 17.8. The number of hydrogen-bond donors (Lipinski definition) is 0. The fourth-order valence-corrected chi connectivity index (χ4v) is 4.00. The number of fused-ring (bicyclic) bond motifs is 1. The summed E-state index contributed by atoms with van der Waals surface area (Å²) in [6.07, 6.45) is 0. The van der Waals surface area contributed by atoms with Crippen molar-refractivity contribution in [1.82, 2.24) is 9.78 Å². The van der Waals surface area contributed by atoms with Crippen LogP contribution in [0.5, 0.6) is 5.75 Å². The van der Waals surface area contributed by atoms with E-state index in [0.29, 0.717) is 6.04 Å². The molecule has 122 valence electrons. The van der Waals surface area contributed by atoms with Gasteiger partial charge in [0.2, 0.25) is 0 Å². The van der Waals surface area contributed by atoms with Crippen molar-refractivity contribution in [3.63, 3.8) is 0 Å². The highest BCUT2D eigenvalue weighted by molar-refractivity contribution is 14.1. The van der Waals surface area contributed by atoms with E-state index in [-0.39, 0.29) is 5.04 Å². The van der Waals surface area contributed by atoms with Gasteiger partial charge in [-0.1, -0.05) is 20.8 Å². The molecule has 0 amide bonds. The Labute approximate surface area is 148 Å². The summed E-state index contributed by atoms with van der Waals surface area (Å²) in [5, 5.41) is 6.10. The highest BCUT2D eigenvalue weighted by atomic mass is 127. The van der Waals surface area contributed by atoms with E-state index in [1.165, 1.54) is 14.5 Å². The van der Waals surface area contributed by atoms with Crippen molar-refractivity contribution in [2.24, 2.45) is 0 Å². The predicted molar refractivity (Wildman–Crippen MR) is 105 cm³/mol. The van der Waals surface area contributed by atoms with Crippen molar-refractivity contribution in [1.29, 1.82) is 0 Å². The largest absolute Gasteiger partial charge is 0.543 e. The first-order valence-electron chi connectivity index (χ1n) is 7.81. The van der Waals surface area contributed by atoms with E-state index in [1.807, 2.05) is 0 Å². The molecule has 0 aliphatic carbocycles. The maximum absolute atomic E-state index is 6.54. The van der Waals surface area contributed by atoms with Crippen molar-refractivity contribution in [3.05, 3.63) is 21.4 Å². The van der Waals surface area contributed by atoms with Crippen LogP contribution in [0.15, 0.2) is 12.1 Å². The second-order valence-electron chi connectivity index (χ2n) is 7.79. The van der Waals surface area contributed by atoms with Gasteiger partial charge < -0.3 is 4.43 Å². The monoisotopic (exact) mass is 430 g/mol. The Balaban J connectivity index is 2.56. The van der Waals surface area contributed by atoms with Gasteiger partial charge in [0.1, 0.15) is 5.75 Å². The molecule has 0 aliphatic heterocycles. The Bertz CT molecular complexity index is 699. The normalized spacial score (nSPS) is 13.2. The van der Waals surface area contributed by atoms with E-state index in [9.17, 15) is 0 Å². The van der Waals surface area contributed by atoms with E-state index in [1.54, 1.807) is 0 Å². The Morgan fingerprint density at radius 2 is 1.82 bits per heavy atom. The van der Waals surface area contributed by atoms with E-state index in [0.717, 1.165) is 11.4 Å². The lowest BCUT2D eigenvalue weighted by Gasteiger charge is -2.36. The molecule has 1 heterocycles. The van der Waals surface area contributed by atoms with Gasteiger partial charge in [-0.2, -0.15) is 5.10 Å². The van der Waals surface area contributed by atoms with Crippen molar-refractivity contribution in [2.45, 2.75) is 65.7 Å². The Morgan fingerprint density at radius 1 is 1.23 bits per heavy atom. The fraction of sp³-hybridized carbons (Fsp3) is 0.588. The van der Waals surface area contributed by atoms with E-state index in [2.05, 4.69) is 99.1 Å². The number of aryl methyl sites for hydroxylation is 1. The third kappa shape index (κ3) is 3.20. The predicted octanol–water partition coefficient (Wildman–Crippen LogP) is 5.91. The SMILES string of the molecule is Cc1nn(C(C)C)c2cc(O[Si](C)(C)C(C)(C)C)c(I)cc12. The molecule has 2 aromatic rings. The summed E-state index contributed by atoms with van der Waals surface area (Å²) in [7, 11) is -1.84. The molecular weight excluding hydrogens is 403 g/mol. The highest BCUT2D eigenvalue weighted by Crippen LogP contribution is 2.39. The van der Waals surface area contributed by atoms with Crippen LogP contribution in [-0.4, -0.2) is 18.1 Å². The average molecular weight is 430 g/mol. The van der Waals surface area contributed by atoms with Gasteiger partial charge in [0.15, 0.2) is 0 Å². The zero-order valence-electron chi connectivity index (χ0n) is 14.9. The minimum Gasteiger partial charge on any atom is -0.543 e. The number of nitrogens with zero attached hydrogens (tertiary/aromatic N) is 2. The van der Waals surface area contributed by atoms with E-state index in [4.69, 9.17) is 4.43 Å². The van der Waals surface area contributed by atoms with Crippen molar-refractivity contribution < 1.29 is 4.43 Å². The number of aromatic nitrogens is 2. The highest BCUT2D eigenvalue weighted by Gasteiger charge is 2.39. The van der Waals surface area contributed by atoms with Crippen LogP contribution < -0.4 is 4.43 Å². The van der Waals surface area contributed by atoms with Gasteiger partial charge in [-0.3, -0.25) is 4.68 Å². The van der Waals surface area contributed by atoms with Crippen LogP contribution in [0.25, 0.3) is 10.9 Å². The maximum atomic E-state index is 6.54. The quantitative estimate of drug-likeness (QED) is 0.447. The molecule has 0 atom stereocenters. The van der Waals surface area contributed by atoms with Gasteiger partial charge in [0.05, 0.1) is 14.8 Å². The number of hydrogen-bond acceptors (Lipinski definition) is 2. The van der Waals surface area contributed by atoms with Crippen LogP contribution in [0, 0.1) is 10.5 Å². The molecule has 5 heteroatoms. The molecule has 1 aromatic heterocycles. The molecule has 0 spiro atoms. The molecule has 0 saturated carbocycles. The Morgan fingerprint density at radius 3 is 2.32 bits per heavy atom.